The lowest BCUT2D eigenvalue weighted by Crippen LogP contribution is -2.36. The summed E-state index contributed by atoms with van der Waals surface area (Å²) in [7, 11) is 0. The highest BCUT2D eigenvalue weighted by Crippen LogP contribution is 2.14. The van der Waals surface area contributed by atoms with E-state index in [2.05, 4.69) is 19.2 Å². The molecule has 0 aromatic carbocycles. The third-order valence-electron chi connectivity index (χ3n) is 2.79. The largest absolute Gasteiger partial charge is 0.391 e. The first kappa shape index (κ1) is 15.2. The lowest BCUT2D eigenvalue weighted by Gasteiger charge is -2.16. The summed E-state index contributed by atoms with van der Waals surface area (Å²) in [5, 5.41) is 14.5. The smallest absolute Gasteiger partial charge is 0.223 e. The molecule has 1 rings (SSSR count). The summed E-state index contributed by atoms with van der Waals surface area (Å²) in [5.74, 6) is 0.418. The summed E-state index contributed by atoms with van der Waals surface area (Å²) in [5.41, 5.74) is 0. The number of carbonyl (C=O) groups excluding carboxylic acids is 1. The molecule has 0 radical (unpaired) electrons. The van der Waals surface area contributed by atoms with Gasteiger partial charge in [0, 0.05) is 17.3 Å². The minimum atomic E-state index is -0.442. The van der Waals surface area contributed by atoms with Crippen LogP contribution in [-0.4, -0.2) is 23.7 Å². The molecule has 4 heteroatoms. The molecule has 102 valence electrons. The third-order valence-corrected chi connectivity index (χ3v) is 3.69. The average Bonchev–Trinajstić information content (AvgIpc) is 2.77. The number of carbonyl (C=O) groups is 1. The molecule has 0 spiro atoms. The van der Waals surface area contributed by atoms with E-state index in [1.54, 1.807) is 11.3 Å². The van der Waals surface area contributed by atoms with Crippen molar-refractivity contribution in [2.45, 2.75) is 39.7 Å². The van der Waals surface area contributed by atoms with Gasteiger partial charge in [0.1, 0.15) is 0 Å². The molecule has 0 saturated heterocycles. The predicted molar refractivity (Wildman–Crippen MR) is 75.7 cm³/mol. The molecule has 0 bridgehead atoms. The number of rotatable bonds is 7. The number of aliphatic hydroxyl groups excluding tert-OH is 1. The summed E-state index contributed by atoms with van der Waals surface area (Å²) in [6.07, 6.45) is 1.05. The lowest BCUT2D eigenvalue weighted by molar-refractivity contribution is -0.124. The van der Waals surface area contributed by atoms with E-state index >= 15 is 0 Å². The monoisotopic (exact) mass is 269 g/mol. The van der Waals surface area contributed by atoms with E-state index in [4.69, 9.17) is 0 Å². The van der Waals surface area contributed by atoms with Gasteiger partial charge in [-0.15, -0.1) is 11.3 Å². The first-order chi connectivity index (χ1) is 8.49. The fourth-order valence-electron chi connectivity index (χ4n) is 1.84. The second-order valence-electron chi connectivity index (χ2n) is 5.21. The molecule has 3 nitrogen and oxygen atoms in total. The zero-order valence-electron chi connectivity index (χ0n) is 11.3. The Morgan fingerprint density at radius 2 is 2.17 bits per heavy atom. The first-order valence-electron chi connectivity index (χ1n) is 6.47. The Morgan fingerprint density at radius 3 is 2.72 bits per heavy atom. The van der Waals surface area contributed by atoms with Gasteiger partial charge in [-0.3, -0.25) is 4.79 Å². The first-order valence-corrected chi connectivity index (χ1v) is 7.35. The third kappa shape index (κ3) is 5.65. The van der Waals surface area contributed by atoms with Crippen LogP contribution in [0.5, 0.6) is 0 Å². The Bertz CT molecular complexity index is 349. The summed E-state index contributed by atoms with van der Waals surface area (Å²) in [6, 6.07) is 4.04. The van der Waals surface area contributed by atoms with Crippen LogP contribution in [0, 0.1) is 11.8 Å². The van der Waals surface area contributed by atoms with Gasteiger partial charge in [0.05, 0.1) is 6.10 Å². The quantitative estimate of drug-likeness (QED) is 0.799. The SMILES string of the molecule is CC(C)CC(O)CNC(=O)C(C)Cc1cccs1. The minimum absolute atomic E-state index is 0.0196. The van der Waals surface area contributed by atoms with Gasteiger partial charge in [0.15, 0.2) is 0 Å². The van der Waals surface area contributed by atoms with Crippen molar-refractivity contribution in [3.63, 3.8) is 0 Å². The highest BCUT2D eigenvalue weighted by molar-refractivity contribution is 7.09. The molecule has 0 saturated carbocycles. The van der Waals surface area contributed by atoms with E-state index in [1.807, 2.05) is 24.4 Å². The van der Waals surface area contributed by atoms with Crippen LogP contribution in [0.3, 0.4) is 0 Å². The van der Waals surface area contributed by atoms with Crippen LogP contribution in [0.15, 0.2) is 17.5 Å². The van der Waals surface area contributed by atoms with Gasteiger partial charge in [0.25, 0.3) is 0 Å². The van der Waals surface area contributed by atoms with Gasteiger partial charge in [-0.25, -0.2) is 0 Å². The summed E-state index contributed by atoms with van der Waals surface area (Å²) in [6.45, 7) is 6.39. The van der Waals surface area contributed by atoms with Gasteiger partial charge in [0.2, 0.25) is 5.91 Å². The van der Waals surface area contributed by atoms with E-state index in [-0.39, 0.29) is 11.8 Å². The van der Waals surface area contributed by atoms with Gasteiger partial charge >= 0.3 is 0 Å². The molecule has 0 aliphatic carbocycles. The van der Waals surface area contributed by atoms with Crippen molar-refractivity contribution in [1.82, 2.24) is 5.32 Å². The number of amides is 1. The molecular formula is C14H23NO2S. The van der Waals surface area contributed by atoms with Gasteiger partial charge in [-0.05, 0) is 30.2 Å². The maximum atomic E-state index is 11.8. The summed E-state index contributed by atoms with van der Waals surface area (Å²) < 4.78 is 0. The van der Waals surface area contributed by atoms with Crippen molar-refractivity contribution >= 4 is 17.2 Å². The Morgan fingerprint density at radius 1 is 1.44 bits per heavy atom. The van der Waals surface area contributed by atoms with Crippen molar-refractivity contribution in [2.75, 3.05) is 6.54 Å². The molecule has 2 unspecified atom stereocenters. The number of hydrogen-bond donors (Lipinski definition) is 2. The van der Waals surface area contributed by atoms with Crippen LogP contribution in [-0.2, 0) is 11.2 Å². The van der Waals surface area contributed by atoms with Crippen LogP contribution in [0.1, 0.15) is 32.1 Å². The molecule has 0 fully saturated rings. The zero-order valence-corrected chi connectivity index (χ0v) is 12.2. The molecular weight excluding hydrogens is 246 g/mol. The normalized spacial score (nSPS) is 14.5. The Hall–Kier alpha value is -0.870. The molecule has 1 amide bonds. The summed E-state index contributed by atoms with van der Waals surface area (Å²) in [4.78, 5) is 13.1. The number of nitrogens with one attached hydrogen (secondary N) is 1. The molecule has 2 atom stereocenters. The minimum Gasteiger partial charge on any atom is -0.391 e. The van der Waals surface area contributed by atoms with Crippen LogP contribution < -0.4 is 5.32 Å². The molecule has 1 heterocycles. The lowest BCUT2D eigenvalue weighted by atomic mass is 10.0. The van der Waals surface area contributed by atoms with Gasteiger partial charge < -0.3 is 10.4 Å². The number of hydrogen-bond acceptors (Lipinski definition) is 3. The second-order valence-corrected chi connectivity index (χ2v) is 6.25. The number of thiophene rings is 1. The van der Waals surface area contributed by atoms with Crippen LogP contribution in [0.2, 0.25) is 0 Å². The van der Waals surface area contributed by atoms with E-state index in [0.717, 1.165) is 12.8 Å². The van der Waals surface area contributed by atoms with Crippen LogP contribution in [0.4, 0.5) is 0 Å². The molecule has 1 aromatic rings. The van der Waals surface area contributed by atoms with Crippen molar-refractivity contribution in [2.24, 2.45) is 11.8 Å². The molecule has 0 aliphatic heterocycles. The Kier molecular flexibility index (Phi) is 6.36. The highest BCUT2D eigenvalue weighted by atomic mass is 32.1. The van der Waals surface area contributed by atoms with Crippen LogP contribution >= 0.6 is 11.3 Å². The Balaban J connectivity index is 2.27. The zero-order chi connectivity index (χ0) is 13.5. The highest BCUT2D eigenvalue weighted by Gasteiger charge is 2.15. The molecule has 1 aromatic heterocycles. The van der Waals surface area contributed by atoms with E-state index in [1.165, 1.54) is 4.88 Å². The molecule has 0 aliphatic rings. The van der Waals surface area contributed by atoms with Crippen molar-refractivity contribution < 1.29 is 9.90 Å². The van der Waals surface area contributed by atoms with E-state index < -0.39 is 6.10 Å². The standard InChI is InChI=1S/C14H23NO2S/c1-10(2)7-12(16)9-15-14(17)11(3)8-13-5-4-6-18-13/h4-6,10-12,16H,7-9H2,1-3H3,(H,15,17). The van der Waals surface area contributed by atoms with Gasteiger partial charge in [-0.2, -0.15) is 0 Å². The maximum absolute atomic E-state index is 11.8. The predicted octanol–water partition coefficient (Wildman–Crippen LogP) is 2.45. The fourth-order valence-corrected chi connectivity index (χ4v) is 2.68. The van der Waals surface area contributed by atoms with E-state index in [0.29, 0.717) is 12.5 Å². The average molecular weight is 269 g/mol. The van der Waals surface area contributed by atoms with Crippen molar-refractivity contribution in [1.29, 1.82) is 0 Å². The van der Waals surface area contributed by atoms with Crippen molar-refractivity contribution in [3.05, 3.63) is 22.4 Å². The molecule has 18 heavy (non-hydrogen) atoms. The second kappa shape index (κ2) is 7.54. The van der Waals surface area contributed by atoms with E-state index in [9.17, 15) is 9.90 Å². The fraction of sp³-hybridized carbons (Fsp3) is 0.643. The number of aliphatic hydroxyl groups is 1. The van der Waals surface area contributed by atoms with Gasteiger partial charge in [-0.1, -0.05) is 26.8 Å². The van der Waals surface area contributed by atoms with Crippen molar-refractivity contribution in [3.8, 4) is 0 Å². The maximum Gasteiger partial charge on any atom is 0.223 e. The van der Waals surface area contributed by atoms with Crippen LogP contribution in [0.25, 0.3) is 0 Å². The Labute approximate surface area is 113 Å². The molecule has 2 N–H and O–H groups in total. The summed E-state index contributed by atoms with van der Waals surface area (Å²) >= 11 is 1.67. The topological polar surface area (TPSA) is 49.3 Å².